The van der Waals surface area contributed by atoms with Crippen LogP contribution in [0.5, 0.6) is 0 Å². The number of aliphatic hydroxyl groups excluding tert-OH is 1. The van der Waals surface area contributed by atoms with Gasteiger partial charge in [-0.3, -0.25) is 4.79 Å². The third kappa shape index (κ3) is 5.38. The average Bonchev–Trinajstić information content (AvgIpc) is 2.00. The highest BCUT2D eigenvalue weighted by Gasteiger charge is 2.09. The summed E-state index contributed by atoms with van der Waals surface area (Å²) in [6, 6.07) is 0. The van der Waals surface area contributed by atoms with E-state index in [1.165, 1.54) is 0 Å². The van der Waals surface area contributed by atoms with Gasteiger partial charge >= 0.3 is 0 Å². The molecule has 12 heavy (non-hydrogen) atoms. The zero-order valence-corrected chi connectivity index (χ0v) is 8.27. The smallest absolute Gasteiger partial charge is 0.237 e. The summed E-state index contributed by atoms with van der Waals surface area (Å²) < 4.78 is 0. The van der Waals surface area contributed by atoms with E-state index in [9.17, 15) is 4.79 Å². The van der Waals surface area contributed by atoms with Crippen LogP contribution in [0.3, 0.4) is 0 Å². The number of rotatable bonds is 5. The molecule has 0 aliphatic rings. The molecule has 0 radical (unpaired) electrons. The Morgan fingerprint density at radius 3 is 2.58 bits per heavy atom. The number of nitrogens with one attached hydrogen (secondary N) is 1. The Morgan fingerprint density at radius 2 is 2.17 bits per heavy atom. The zero-order valence-electron chi connectivity index (χ0n) is 7.51. The van der Waals surface area contributed by atoms with E-state index in [-0.39, 0.29) is 12.5 Å². The molecule has 4 heteroatoms. The normalized spacial score (nSPS) is 15.3. The Hall–Kier alpha value is -0.280. The van der Waals surface area contributed by atoms with Crippen molar-refractivity contribution >= 4 is 17.5 Å². The van der Waals surface area contributed by atoms with Crippen molar-refractivity contribution in [3.63, 3.8) is 0 Å². The van der Waals surface area contributed by atoms with Gasteiger partial charge in [-0.15, -0.1) is 11.6 Å². The SMILES string of the molecule is CC(CCO)CNC(=O)C(C)Cl. The largest absolute Gasteiger partial charge is 0.396 e. The standard InChI is InChI=1S/C8H16ClNO2/c1-6(3-4-11)5-10-8(12)7(2)9/h6-7,11H,3-5H2,1-2H3,(H,10,12). The summed E-state index contributed by atoms with van der Waals surface area (Å²) in [5.74, 6) is 0.149. The number of amides is 1. The summed E-state index contributed by atoms with van der Waals surface area (Å²) in [7, 11) is 0. The summed E-state index contributed by atoms with van der Waals surface area (Å²) in [6.45, 7) is 4.34. The lowest BCUT2D eigenvalue weighted by molar-refractivity contribution is -0.120. The van der Waals surface area contributed by atoms with Gasteiger partial charge < -0.3 is 10.4 Å². The summed E-state index contributed by atoms with van der Waals surface area (Å²) in [6.07, 6.45) is 0.705. The fraction of sp³-hybridized carbons (Fsp3) is 0.875. The zero-order chi connectivity index (χ0) is 9.56. The first-order valence-electron chi connectivity index (χ1n) is 4.10. The number of halogens is 1. The van der Waals surface area contributed by atoms with Gasteiger partial charge in [0.05, 0.1) is 0 Å². The van der Waals surface area contributed by atoms with Gasteiger partial charge in [-0.25, -0.2) is 0 Å². The van der Waals surface area contributed by atoms with Crippen LogP contribution in [0.2, 0.25) is 0 Å². The molecule has 0 saturated carbocycles. The molecule has 3 nitrogen and oxygen atoms in total. The molecule has 2 N–H and O–H groups in total. The van der Waals surface area contributed by atoms with Crippen molar-refractivity contribution in [2.24, 2.45) is 5.92 Å². The minimum absolute atomic E-state index is 0.151. The third-order valence-electron chi connectivity index (χ3n) is 1.61. The highest BCUT2D eigenvalue weighted by Crippen LogP contribution is 1.99. The molecule has 0 aliphatic carbocycles. The summed E-state index contributed by atoms with van der Waals surface area (Å²) in [4.78, 5) is 10.9. The van der Waals surface area contributed by atoms with Crippen molar-refractivity contribution < 1.29 is 9.90 Å². The Balaban J connectivity index is 3.47. The van der Waals surface area contributed by atoms with Gasteiger partial charge in [0.2, 0.25) is 5.91 Å². The van der Waals surface area contributed by atoms with Crippen molar-refractivity contribution in [1.82, 2.24) is 5.32 Å². The van der Waals surface area contributed by atoms with Gasteiger partial charge in [0, 0.05) is 13.2 Å². The molecule has 0 aromatic carbocycles. The molecule has 2 atom stereocenters. The topological polar surface area (TPSA) is 49.3 Å². The van der Waals surface area contributed by atoms with Gasteiger partial charge in [-0.1, -0.05) is 6.92 Å². The maximum absolute atomic E-state index is 10.9. The molecule has 2 unspecified atom stereocenters. The molecule has 0 rings (SSSR count). The first kappa shape index (κ1) is 11.7. The Labute approximate surface area is 78.1 Å². The predicted molar refractivity (Wildman–Crippen MR) is 49.2 cm³/mol. The summed E-state index contributed by atoms with van der Waals surface area (Å²) >= 11 is 5.53. The van der Waals surface area contributed by atoms with Gasteiger partial charge in [0.25, 0.3) is 0 Å². The molecular formula is C8H16ClNO2. The lowest BCUT2D eigenvalue weighted by atomic mass is 10.1. The van der Waals surface area contributed by atoms with Crippen LogP contribution in [0.25, 0.3) is 0 Å². The number of carbonyl (C=O) groups is 1. The second kappa shape index (κ2) is 6.26. The van der Waals surface area contributed by atoms with Crippen LogP contribution < -0.4 is 5.32 Å². The van der Waals surface area contributed by atoms with E-state index >= 15 is 0 Å². The Morgan fingerprint density at radius 1 is 1.58 bits per heavy atom. The van der Waals surface area contributed by atoms with Gasteiger partial charge in [-0.2, -0.15) is 0 Å². The van der Waals surface area contributed by atoms with Crippen LogP contribution in [0.1, 0.15) is 20.3 Å². The first-order valence-corrected chi connectivity index (χ1v) is 4.54. The van der Waals surface area contributed by atoms with E-state index in [0.717, 1.165) is 0 Å². The minimum Gasteiger partial charge on any atom is -0.396 e. The van der Waals surface area contributed by atoms with E-state index in [4.69, 9.17) is 16.7 Å². The highest BCUT2D eigenvalue weighted by molar-refractivity contribution is 6.30. The monoisotopic (exact) mass is 193 g/mol. The third-order valence-corrected chi connectivity index (χ3v) is 1.81. The number of alkyl halides is 1. The number of hydrogen-bond acceptors (Lipinski definition) is 2. The fourth-order valence-corrected chi connectivity index (χ4v) is 0.815. The quantitative estimate of drug-likeness (QED) is 0.634. The van der Waals surface area contributed by atoms with Crippen molar-refractivity contribution in [2.45, 2.75) is 25.6 Å². The maximum Gasteiger partial charge on any atom is 0.237 e. The van der Waals surface area contributed by atoms with Gasteiger partial charge in [-0.05, 0) is 19.3 Å². The summed E-state index contributed by atoms with van der Waals surface area (Å²) in [5.41, 5.74) is 0. The van der Waals surface area contributed by atoms with E-state index in [0.29, 0.717) is 18.9 Å². The number of aliphatic hydroxyl groups is 1. The molecule has 72 valence electrons. The van der Waals surface area contributed by atoms with E-state index in [1.54, 1.807) is 6.92 Å². The van der Waals surface area contributed by atoms with Crippen molar-refractivity contribution in [2.75, 3.05) is 13.2 Å². The fourth-order valence-electron chi connectivity index (χ4n) is 0.738. The number of hydrogen-bond donors (Lipinski definition) is 2. The highest BCUT2D eigenvalue weighted by atomic mass is 35.5. The van der Waals surface area contributed by atoms with E-state index in [2.05, 4.69) is 5.32 Å². The van der Waals surface area contributed by atoms with Crippen LogP contribution >= 0.6 is 11.6 Å². The van der Waals surface area contributed by atoms with Gasteiger partial charge in [0.1, 0.15) is 5.38 Å². The predicted octanol–water partition coefficient (Wildman–Crippen LogP) is 0.748. The first-order chi connectivity index (χ1) is 5.57. The molecule has 0 bridgehead atoms. The van der Waals surface area contributed by atoms with E-state index < -0.39 is 5.38 Å². The van der Waals surface area contributed by atoms with Crippen molar-refractivity contribution in [1.29, 1.82) is 0 Å². The second-order valence-corrected chi connectivity index (χ2v) is 3.63. The Bertz CT molecular complexity index is 139. The van der Waals surface area contributed by atoms with Crippen molar-refractivity contribution in [3.8, 4) is 0 Å². The molecule has 0 aliphatic heterocycles. The van der Waals surface area contributed by atoms with Gasteiger partial charge in [0.15, 0.2) is 0 Å². The molecular weight excluding hydrogens is 178 g/mol. The maximum atomic E-state index is 10.9. The van der Waals surface area contributed by atoms with Crippen molar-refractivity contribution in [3.05, 3.63) is 0 Å². The minimum atomic E-state index is -0.480. The summed E-state index contributed by atoms with van der Waals surface area (Å²) in [5, 5.41) is 10.8. The molecule has 0 aromatic heterocycles. The van der Waals surface area contributed by atoms with E-state index in [1.807, 2.05) is 6.92 Å². The average molecular weight is 194 g/mol. The molecule has 0 aromatic rings. The van der Waals surface area contributed by atoms with Crippen LogP contribution in [0.4, 0.5) is 0 Å². The van der Waals surface area contributed by atoms with Crippen LogP contribution in [0.15, 0.2) is 0 Å². The molecule has 0 fully saturated rings. The molecule has 0 heterocycles. The van der Waals surface area contributed by atoms with Crippen LogP contribution in [-0.2, 0) is 4.79 Å². The van der Waals surface area contributed by atoms with Crippen LogP contribution in [0, 0.1) is 5.92 Å². The second-order valence-electron chi connectivity index (χ2n) is 2.98. The number of carbonyl (C=O) groups excluding carboxylic acids is 1. The molecule has 0 saturated heterocycles. The van der Waals surface area contributed by atoms with Crippen LogP contribution in [-0.4, -0.2) is 29.5 Å². The molecule has 0 spiro atoms. The lowest BCUT2D eigenvalue weighted by Crippen LogP contribution is -2.33. The molecule has 1 amide bonds. The Kier molecular flexibility index (Phi) is 6.11. The lowest BCUT2D eigenvalue weighted by Gasteiger charge is -2.11.